The zero-order valence-corrected chi connectivity index (χ0v) is 18.1. The van der Waals surface area contributed by atoms with Gasteiger partial charge in [-0.25, -0.2) is 23.1 Å². The van der Waals surface area contributed by atoms with Crippen LogP contribution in [0.5, 0.6) is 5.75 Å². The Hall–Kier alpha value is -3.46. The van der Waals surface area contributed by atoms with Gasteiger partial charge in [-0.2, -0.15) is 0 Å². The number of benzene rings is 2. The van der Waals surface area contributed by atoms with Crippen molar-refractivity contribution in [1.29, 1.82) is 0 Å². The van der Waals surface area contributed by atoms with E-state index in [4.69, 9.17) is 4.74 Å². The molecule has 0 fully saturated rings. The lowest BCUT2D eigenvalue weighted by Gasteiger charge is -2.15. The third-order valence-corrected chi connectivity index (χ3v) is 5.71. The van der Waals surface area contributed by atoms with Crippen LogP contribution in [0, 0.1) is 0 Å². The minimum Gasteiger partial charge on any atom is -0.481 e. The van der Waals surface area contributed by atoms with Gasteiger partial charge < -0.3 is 10.1 Å². The highest BCUT2D eigenvalue weighted by Crippen LogP contribution is 2.18. The van der Waals surface area contributed by atoms with Gasteiger partial charge in [0.1, 0.15) is 5.75 Å². The van der Waals surface area contributed by atoms with E-state index in [2.05, 4.69) is 26.9 Å². The number of sulfonamides is 1. The molecule has 2 aromatic carbocycles. The third-order valence-electron chi connectivity index (χ3n) is 4.37. The molecule has 9 heteroatoms. The summed E-state index contributed by atoms with van der Waals surface area (Å²) in [6.45, 7) is 3.77. The summed E-state index contributed by atoms with van der Waals surface area (Å²) >= 11 is 0. The van der Waals surface area contributed by atoms with Crippen molar-refractivity contribution in [1.82, 2.24) is 9.97 Å². The average molecular weight is 441 g/mol. The van der Waals surface area contributed by atoms with Gasteiger partial charge in [-0.15, -0.1) is 0 Å². The first-order valence-electron chi connectivity index (χ1n) is 9.84. The van der Waals surface area contributed by atoms with Crippen LogP contribution in [-0.4, -0.2) is 30.4 Å². The second-order valence-corrected chi connectivity index (χ2v) is 8.53. The van der Waals surface area contributed by atoms with Crippen molar-refractivity contribution < 1.29 is 17.9 Å². The van der Waals surface area contributed by atoms with E-state index in [0.29, 0.717) is 11.4 Å². The molecule has 1 heterocycles. The molecule has 0 aliphatic rings. The molecule has 1 aromatic heterocycles. The fourth-order valence-electron chi connectivity index (χ4n) is 2.77. The van der Waals surface area contributed by atoms with E-state index in [1.165, 1.54) is 42.2 Å². The van der Waals surface area contributed by atoms with Crippen molar-refractivity contribution in [2.75, 3.05) is 10.0 Å². The Kier molecular flexibility index (Phi) is 7.19. The number of carbonyl (C=O) groups excluding carboxylic acids is 1. The molecule has 0 spiro atoms. The lowest BCUT2D eigenvalue weighted by Crippen LogP contribution is -2.30. The van der Waals surface area contributed by atoms with Crippen LogP contribution in [0.3, 0.4) is 0 Å². The van der Waals surface area contributed by atoms with E-state index in [0.717, 1.165) is 12.8 Å². The molecule has 8 nitrogen and oxygen atoms in total. The number of aromatic nitrogens is 2. The molecular formula is C22H24N4O4S. The predicted molar refractivity (Wildman–Crippen MR) is 118 cm³/mol. The van der Waals surface area contributed by atoms with Crippen LogP contribution in [-0.2, 0) is 21.2 Å². The van der Waals surface area contributed by atoms with E-state index in [1.54, 1.807) is 13.0 Å². The number of nitrogens with one attached hydrogen (secondary N) is 2. The Morgan fingerprint density at radius 1 is 1.03 bits per heavy atom. The van der Waals surface area contributed by atoms with Crippen LogP contribution in [0.2, 0.25) is 0 Å². The molecule has 3 aromatic rings. The summed E-state index contributed by atoms with van der Waals surface area (Å²) in [7, 11) is -3.84. The quantitative estimate of drug-likeness (QED) is 0.526. The smallest absolute Gasteiger partial charge is 0.265 e. The molecular weight excluding hydrogens is 416 g/mol. The molecule has 1 unspecified atom stereocenters. The normalized spacial score (nSPS) is 12.1. The number of aryl methyl sites for hydroxylation is 1. The summed E-state index contributed by atoms with van der Waals surface area (Å²) in [6, 6.07) is 15.0. The minimum atomic E-state index is -3.84. The number of rotatable bonds is 9. The first-order chi connectivity index (χ1) is 14.9. The third kappa shape index (κ3) is 6.26. The number of amides is 1. The molecule has 0 aliphatic heterocycles. The lowest BCUT2D eigenvalue weighted by molar-refractivity contribution is -0.122. The van der Waals surface area contributed by atoms with Gasteiger partial charge in [-0.1, -0.05) is 25.5 Å². The summed E-state index contributed by atoms with van der Waals surface area (Å²) in [6.07, 6.45) is 4.21. The van der Waals surface area contributed by atoms with Gasteiger partial charge in [-0.3, -0.25) is 4.79 Å². The van der Waals surface area contributed by atoms with Gasteiger partial charge in [0.15, 0.2) is 6.10 Å². The van der Waals surface area contributed by atoms with E-state index < -0.39 is 16.1 Å². The summed E-state index contributed by atoms with van der Waals surface area (Å²) in [5, 5.41) is 2.72. The first kappa shape index (κ1) is 22.2. The van der Waals surface area contributed by atoms with E-state index in [1.807, 2.05) is 24.3 Å². The van der Waals surface area contributed by atoms with Crippen molar-refractivity contribution in [3.05, 3.63) is 72.6 Å². The number of ether oxygens (including phenoxy) is 1. The van der Waals surface area contributed by atoms with Crippen molar-refractivity contribution in [2.45, 2.75) is 37.7 Å². The number of anilines is 2. The standard InChI is InChI=1S/C22H24N4O4S/c1-3-5-17-6-10-19(11-7-17)30-16(2)21(27)25-18-8-12-20(13-9-18)31(28,29)26-22-23-14-4-15-24-22/h4,6-16H,3,5H2,1-2H3,(H,25,27)(H,23,24,26). The summed E-state index contributed by atoms with van der Waals surface area (Å²) in [5.74, 6) is 0.246. The van der Waals surface area contributed by atoms with Gasteiger partial charge in [0, 0.05) is 18.1 Å². The second-order valence-electron chi connectivity index (χ2n) is 6.85. The number of hydrogen-bond donors (Lipinski definition) is 2. The molecule has 0 radical (unpaired) electrons. The Morgan fingerprint density at radius 3 is 2.29 bits per heavy atom. The van der Waals surface area contributed by atoms with Gasteiger partial charge in [-0.05, 0) is 61.4 Å². The molecule has 162 valence electrons. The Balaban J connectivity index is 1.59. The van der Waals surface area contributed by atoms with Crippen LogP contribution >= 0.6 is 0 Å². The SMILES string of the molecule is CCCc1ccc(OC(C)C(=O)Nc2ccc(S(=O)(=O)Nc3ncccn3)cc2)cc1. The molecule has 1 amide bonds. The molecule has 0 saturated carbocycles. The molecule has 0 aliphatic carbocycles. The Bertz CT molecular complexity index is 1100. The van der Waals surface area contributed by atoms with Crippen LogP contribution in [0.1, 0.15) is 25.8 Å². The molecule has 0 saturated heterocycles. The second kappa shape index (κ2) is 10.0. The molecule has 1 atom stereocenters. The van der Waals surface area contributed by atoms with Gasteiger partial charge in [0.2, 0.25) is 5.95 Å². The van der Waals surface area contributed by atoms with Crippen molar-refractivity contribution in [3.8, 4) is 5.75 Å². The highest BCUT2D eigenvalue weighted by Gasteiger charge is 2.17. The Labute approximate surface area is 181 Å². The van der Waals surface area contributed by atoms with Crippen LogP contribution in [0.4, 0.5) is 11.6 Å². The topological polar surface area (TPSA) is 110 Å². The van der Waals surface area contributed by atoms with Gasteiger partial charge in [0.05, 0.1) is 4.90 Å². The lowest BCUT2D eigenvalue weighted by atomic mass is 10.1. The van der Waals surface area contributed by atoms with Crippen LogP contribution in [0.15, 0.2) is 71.9 Å². The zero-order valence-electron chi connectivity index (χ0n) is 17.3. The molecule has 3 rings (SSSR count). The minimum absolute atomic E-state index is 0.0198. The van der Waals surface area contributed by atoms with Crippen LogP contribution < -0.4 is 14.8 Å². The maximum atomic E-state index is 12.4. The van der Waals surface area contributed by atoms with Crippen molar-refractivity contribution in [2.24, 2.45) is 0 Å². The van der Waals surface area contributed by atoms with E-state index in [9.17, 15) is 13.2 Å². The monoisotopic (exact) mass is 440 g/mol. The summed E-state index contributed by atoms with van der Waals surface area (Å²) in [4.78, 5) is 20.1. The maximum absolute atomic E-state index is 12.4. The maximum Gasteiger partial charge on any atom is 0.265 e. The molecule has 0 bridgehead atoms. The molecule has 31 heavy (non-hydrogen) atoms. The number of hydrogen-bond acceptors (Lipinski definition) is 6. The first-order valence-corrected chi connectivity index (χ1v) is 11.3. The van der Waals surface area contributed by atoms with Crippen molar-refractivity contribution >= 4 is 27.6 Å². The number of carbonyl (C=O) groups is 1. The van der Waals surface area contributed by atoms with Gasteiger partial charge >= 0.3 is 0 Å². The fraction of sp³-hybridized carbons (Fsp3) is 0.227. The molecule has 2 N–H and O–H groups in total. The fourth-order valence-corrected chi connectivity index (χ4v) is 3.73. The van der Waals surface area contributed by atoms with Crippen LogP contribution in [0.25, 0.3) is 0 Å². The van der Waals surface area contributed by atoms with E-state index in [-0.39, 0.29) is 16.8 Å². The summed E-state index contributed by atoms with van der Waals surface area (Å²) in [5.41, 5.74) is 1.67. The highest BCUT2D eigenvalue weighted by atomic mass is 32.2. The summed E-state index contributed by atoms with van der Waals surface area (Å²) < 4.78 is 32.8. The Morgan fingerprint density at radius 2 is 1.68 bits per heavy atom. The van der Waals surface area contributed by atoms with Gasteiger partial charge in [0.25, 0.3) is 15.9 Å². The largest absolute Gasteiger partial charge is 0.481 e. The number of nitrogens with zero attached hydrogens (tertiary/aromatic N) is 2. The predicted octanol–water partition coefficient (Wildman–Crippen LogP) is 3.64. The average Bonchev–Trinajstić information content (AvgIpc) is 2.76. The van der Waals surface area contributed by atoms with Crippen molar-refractivity contribution in [3.63, 3.8) is 0 Å². The zero-order chi connectivity index (χ0) is 22.3. The van der Waals surface area contributed by atoms with E-state index >= 15 is 0 Å². The highest BCUT2D eigenvalue weighted by molar-refractivity contribution is 7.92.